The molecule has 1 fully saturated rings. The minimum absolute atomic E-state index is 0.217. The standard InChI is InChI=1S/C11H23NO3S/c1-2-3-6-15-7-4-11(9-12)5-8-16(13,14)10-11/h2-10,12H2,1H3. The van der Waals surface area contributed by atoms with Crippen LogP contribution in [0.5, 0.6) is 0 Å². The minimum Gasteiger partial charge on any atom is -0.381 e. The molecular weight excluding hydrogens is 226 g/mol. The molecule has 1 saturated heterocycles. The molecule has 0 aromatic rings. The molecule has 96 valence electrons. The zero-order chi connectivity index (χ0) is 12.1. The van der Waals surface area contributed by atoms with Crippen LogP contribution in [0.1, 0.15) is 32.6 Å². The van der Waals surface area contributed by atoms with Crippen LogP contribution in [0.3, 0.4) is 0 Å². The van der Waals surface area contributed by atoms with E-state index in [2.05, 4.69) is 6.92 Å². The van der Waals surface area contributed by atoms with E-state index in [1.807, 2.05) is 0 Å². The second-order valence-electron chi connectivity index (χ2n) is 4.76. The number of nitrogens with two attached hydrogens (primary N) is 1. The van der Waals surface area contributed by atoms with Gasteiger partial charge in [0.05, 0.1) is 11.5 Å². The fourth-order valence-corrected chi connectivity index (χ4v) is 4.31. The van der Waals surface area contributed by atoms with E-state index in [9.17, 15) is 8.42 Å². The van der Waals surface area contributed by atoms with E-state index >= 15 is 0 Å². The van der Waals surface area contributed by atoms with Gasteiger partial charge in [-0.2, -0.15) is 0 Å². The molecule has 0 spiro atoms. The molecule has 0 bridgehead atoms. The molecule has 5 heteroatoms. The van der Waals surface area contributed by atoms with Crippen LogP contribution in [0.2, 0.25) is 0 Å². The first kappa shape index (κ1) is 13.9. The van der Waals surface area contributed by atoms with Crippen LogP contribution >= 0.6 is 0 Å². The Bertz CT molecular complexity index is 302. The lowest BCUT2D eigenvalue weighted by Crippen LogP contribution is -2.33. The molecule has 4 nitrogen and oxygen atoms in total. The van der Waals surface area contributed by atoms with Crippen molar-refractivity contribution in [2.45, 2.75) is 32.6 Å². The smallest absolute Gasteiger partial charge is 0.150 e. The van der Waals surface area contributed by atoms with Gasteiger partial charge < -0.3 is 10.5 Å². The summed E-state index contributed by atoms with van der Waals surface area (Å²) in [6.45, 7) is 3.97. The lowest BCUT2D eigenvalue weighted by atomic mass is 9.84. The molecule has 1 unspecified atom stereocenters. The van der Waals surface area contributed by atoms with Crippen LogP contribution in [-0.4, -0.2) is 39.7 Å². The van der Waals surface area contributed by atoms with Gasteiger partial charge in [0.25, 0.3) is 0 Å². The van der Waals surface area contributed by atoms with Gasteiger partial charge in [-0.25, -0.2) is 8.42 Å². The Morgan fingerprint density at radius 3 is 2.62 bits per heavy atom. The molecule has 0 radical (unpaired) electrons. The molecule has 0 saturated carbocycles. The van der Waals surface area contributed by atoms with Gasteiger partial charge in [-0.15, -0.1) is 0 Å². The summed E-state index contributed by atoms with van der Waals surface area (Å²) in [6, 6.07) is 0. The predicted octanol–water partition coefficient (Wildman–Crippen LogP) is 0.957. The summed E-state index contributed by atoms with van der Waals surface area (Å²) < 4.78 is 28.4. The number of rotatable bonds is 7. The molecule has 16 heavy (non-hydrogen) atoms. The van der Waals surface area contributed by atoms with Crippen molar-refractivity contribution < 1.29 is 13.2 Å². The third kappa shape index (κ3) is 4.03. The number of hydrogen-bond acceptors (Lipinski definition) is 4. The van der Waals surface area contributed by atoms with E-state index < -0.39 is 9.84 Å². The average Bonchev–Trinajstić information content (AvgIpc) is 2.55. The maximum atomic E-state index is 11.4. The largest absolute Gasteiger partial charge is 0.381 e. The van der Waals surface area contributed by atoms with E-state index in [0.717, 1.165) is 25.9 Å². The van der Waals surface area contributed by atoms with Crippen molar-refractivity contribution in [1.29, 1.82) is 0 Å². The Kier molecular flexibility index (Phi) is 5.21. The fraction of sp³-hybridized carbons (Fsp3) is 1.00. The molecule has 1 atom stereocenters. The number of unbranched alkanes of at least 4 members (excludes halogenated alkanes) is 1. The summed E-state index contributed by atoms with van der Waals surface area (Å²) in [5, 5.41) is 0. The summed E-state index contributed by atoms with van der Waals surface area (Å²) in [6.07, 6.45) is 3.65. The Hall–Kier alpha value is -0.130. The first-order valence-electron chi connectivity index (χ1n) is 6.02. The van der Waals surface area contributed by atoms with Gasteiger partial charge in [0, 0.05) is 13.2 Å². The molecule has 0 aromatic carbocycles. The van der Waals surface area contributed by atoms with Gasteiger partial charge >= 0.3 is 0 Å². The number of sulfone groups is 1. The van der Waals surface area contributed by atoms with E-state index in [1.54, 1.807) is 0 Å². The van der Waals surface area contributed by atoms with Crippen LogP contribution in [0.4, 0.5) is 0 Å². The van der Waals surface area contributed by atoms with E-state index in [0.29, 0.717) is 25.3 Å². The van der Waals surface area contributed by atoms with Crippen LogP contribution in [0.25, 0.3) is 0 Å². The van der Waals surface area contributed by atoms with Crippen LogP contribution in [0, 0.1) is 5.41 Å². The molecule has 1 aliphatic rings. The van der Waals surface area contributed by atoms with Crippen molar-refractivity contribution in [2.24, 2.45) is 11.1 Å². The summed E-state index contributed by atoms with van der Waals surface area (Å²) in [5.41, 5.74) is 5.49. The maximum Gasteiger partial charge on any atom is 0.150 e. The Morgan fingerprint density at radius 1 is 1.38 bits per heavy atom. The first-order chi connectivity index (χ1) is 7.54. The highest BCUT2D eigenvalue weighted by Gasteiger charge is 2.40. The highest BCUT2D eigenvalue weighted by atomic mass is 32.2. The molecule has 1 rings (SSSR count). The van der Waals surface area contributed by atoms with Gasteiger partial charge in [-0.1, -0.05) is 13.3 Å². The molecule has 0 aromatic heterocycles. The van der Waals surface area contributed by atoms with E-state index in [1.165, 1.54) is 0 Å². The molecule has 2 N–H and O–H groups in total. The normalized spacial score (nSPS) is 28.4. The lowest BCUT2D eigenvalue weighted by molar-refractivity contribution is 0.100. The molecular formula is C11H23NO3S. The third-order valence-corrected chi connectivity index (χ3v) is 5.20. The van der Waals surface area contributed by atoms with Crippen LogP contribution in [-0.2, 0) is 14.6 Å². The SMILES string of the molecule is CCCCOCCC1(CN)CCS(=O)(=O)C1. The van der Waals surface area contributed by atoms with Crippen LogP contribution in [0.15, 0.2) is 0 Å². The van der Waals surface area contributed by atoms with Crippen molar-refractivity contribution in [3.8, 4) is 0 Å². The van der Waals surface area contributed by atoms with E-state index in [4.69, 9.17) is 10.5 Å². The van der Waals surface area contributed by atoms with Crippen molar-refractivity contribution in [3.05, 3.63) is 0 Å². The van der Waals surface area contributed by atoms with Crippen molar-refractivity contribution in [3.63, 3.8) is 0 Å². The highest BCUT2D eigenvalue weighted by Crippen LogP contribution is 2.34. The van der Waals surface area contributed by atoms with Gasteiger partial charge in [0.1, 0.15) is 0 Å². The second-order valence-corrected chi connectivity index (χ2v) is 6.95. The zero-order valence-corrected chi connectivity index (χ0v) is 10.9. The predicted molar refractivity (Wildman–Crippen MR) is 65.1 cm³/mol. The van der Waals surface area contributed by atoms with Gasteiger partial charge in [-0.05, 0) is 31.2 Å². The van der Waals surface area contributed by atoms with Gasteiger partial charge in [-0.3, -0.25) is 0 Å². The second kappa shape index (κ2) is 5.98. The zero-order valence-electron chi connectivity index (χ0n) is 10.1. The maximum absolute atomic E-state index is 11.4. The number of hydrogen-bond donors (Lipinski definition) is 1. The van der Waals surface area contributed by atoms with E-state index in [-0.39, 0.29) is 11.2 Å². The van der Waals surface area contributed by atoms with Gasteiger partial charge in [0.15, 0.2) is 9.84 Å². The fourth-order valence-electron chi connectivity index (χ4n) is 2.08. The Morgan fingerprint density at radius 2 is 2.12 bits per heavy atom. The minimum atomic E-state index is -2.85. The monoisotopic (exact) mass is 249 g/mol. The highest BCUT2D eigenvalue weighted by molar-refractivity contribution is 7.91. The Labute approximate surface area is 98.5 Å². The molecule has 0 amide bonds. The summed E-state index contributed by atoms with van der Waals surface area (Å²) >= 11 is 0. The van der Waals surface area contributed by atoms with Crippen molar-refractivity contribution in [1.82, 2.24) is 0 Å². The molecule has 1 heterocycles. The van der Waals surface area contributed by atoms with Gasteiger partial charge in [0.2, 0.25) is 0 Å². The van der Waals surface area contributed by atoms with Crippen molar-refractivity contribution >= 4 is 9.84 Å². The average molecular weight is 249 g/mol. The topological polar surface area (TPSA) is 69.4 Å². The third-order valence-electron chi connectivity index (χ3n) is 3.32. The van der Waals surface area contributed by atoms with Crippen molar-refractivity contribution in [2.75, 3.05) is 31.3 Å². The molecule has 0 aliphatic carbocycles. The van der Waals surface area contributed by atoms with Crippen LogP contribution < -0.4 is 5.73 Å². The summed E-state index contributed by atoms with van der Waals surface area (Å²) in [4.78, 5) is 0. The summed E-state index contributed by atoms with van der Waals surface area (Å²) in [5.74, 6) is 0.535. The number of ether oxygens (including phenoxy) is 1. The molecule has 1 aliphatic heterocycles. The first-order valence-corrected chi connectivity index (χ1v) is 7.84. The summed E-state index contributed by atoms with van der Waals surface area (Å²) in [7, 11) is -2.85. The Balaban J connectivity index is 2.33. The lowest BCUT2D eigenvalue weighted by Gasteiger charge is -2.25. The quantitative estimate of drug-likeness (QED) is 0.682.